The quantitative estimate of drug-likeness (QED) is 0.816. The molecule has 0 saturated heterocycles. The fourth-order valence-electron chi connectivity index (χ4n) is 1.71. The molecule has 0 atom stereocenters. The molecule has 23 heavy (non-hydrogen) atoms. The molecule has 1 N–H and O–H groups in total. The number of aromatic nitrogens is 4. The highest BCUT2D eigenvalue weighted by atomic mass is 19.4. The van der Waals surface area contributed by atoms with Gasteiger partial charge in [-0.15, -0.1) is 0 Å². The molecule has 0 aliphatic carbocycles. The Morgan fingerprint density at radius 3 is 2.83 bits per heavy atom. The smallest absolute Gasteiger partial charge is 0.433 e. The summed E-state index contributed by atoms with van der Waals surface area (Å²) in [5, 5.41) is 2.75. The second-order valence-electron chi connectivity index (χ2n) is 4.43. The van der Waals surface area contributed by atoms with Crippen molar-refractivity contribution in [3.8, 4) is 0 Å². The lowest BCUT2D eigenvalue weighted by molar-refractivity contribution is -0.141. The normalized spacial score (nSPS) is 11.3. The molecule has 2 heterocycles. The van der Waals surface area contributed by atoms with Gasteiger partial charge in [0.25, 0.3) is 0 Å². The van der Waals surface area contributed by atoms with Gasteiger partial charge in [-0.3, -0.25) is 0 Å². The van der Waals surface area contributed by atoms with Crippen LogP contribution in [0.4, 0.5) is 19.0 Å². The van der Waals surface area contributed by atoms with Crippen molar-refractivity contribution in [1.82, 2.24) is 19.5 Å². The number of esters is 1. The van der Waals surface area contributed by atoms with Gasteiger partial charge in [-0.2, -0.15) is 13.2 Å². The molecule has 0 unspecified atom stereocenters. The van der Waals surface area contributed by atoms with E-state index < -0.39 is 17.8 Å². The molecule has 0 saturated carbocycles. The molecular weight excluding hydrogens is 315 g/mol. The Hall–Kier alpha value is -2.65. The first-order chi connectivity index (χ1) is 10.9. The van der Waals surface area contributed by atoms with E-state index >= 15 is 0 Å². The van der Waals surface area contributed by atoms with E-state index in [4.69, 9.17) is 4.74 Å². The fraction of sp³-hybridized carbons (Fsp3) is 0.385. The molecule has 0 aliphatic rings. The molecule has 0 fully saturated rings. The second-order valence-corrected chi connectivity index (χ2v) is 4.43. The predicted molar refractivity (Wildman–Crippen MR) is 73.7 cm³/mol. The summed E-state index contributed by atoms with van der Waals surface area (Å²) >= 11 is 0. The SMILES string of the molecule is CCOC(=O)c1cn(CCNc2cc(C(F)(F)F)ncn2)cn1. The van der Waals surface area contributed by atoms with Gasteiger partial charge < -0.3 is 14.6 Å². The number of ether oxygens (including phenoxy) is 1. The largest absolute Gasteiger partial charge is 0.461 e. The van der Waals surface area contributed by atoms with E-state index in [1.807, 2.05) is 0 Å². The van der Waals surface area contributed by atoms with Crippen LogP contribution in [0.15, 0.2) is 24.9 Å². The van der Waals surface area contributed by atoms with Crippen molar-refractivity contribution in [3.63, 3.8) is 0 Å². The number of rotatable bonds is 6. The molecule has 7 nitrogen and oxygen atoms in total. The molecule has 10 heteroatoms. The van der Waals surface area contributed by atoms with Crippen molar-refractivity contribution in [2.24, 2.45) is 0 Å². The first-order valence-electron chi connectivity index (χ1n) is 6.72. The number of alkyl halides is 3. The van der Waals surface area contributed by atoms with Crippen molar-refractivity contribution in [1.29, 1.82) is 0 Å². The summed E-state index contributed by atoms with van der Waals surface area (Å²) in [6.45, 7) is 2.63. The molecule has 2 rings (SSSR count). The molecule has 0 spiro atoms. The summed E-state index contributed by atoms with van der Waals surface area (Å²) in [7, 11) is 0. The van der Waals surface area contributed by atoms with Gasteiger partial charge in [-0.1, -0.05) is 0 Å². The van der Waals surface area contributed by atoms with Crippen molar-refractivity contribution in [3.05, 3.63) is 36.3 Å². The van der Waals surface area contributed by atoms with E-state index in [0.717, 1.165) is 12.4 Å². The number of halogens is 3. The topological polar surface area (TPSA) is 81.9 Å². The van der Waals surface area contributed by atoms with E-state index in [0.29, 0.717) is 13.1 Å². The zero-order chi connectivity index (χ0) is 16.9. The Morgan fingerprint density at radius 2 is 2.13 bits per heavy atom. The minimum atomic E-state index is -4.52. The second kappa shape index (κ2) is 7.07. The van der Waals surface area contributed by atoms with E-state index in [1.165, 1.54) is 12.5 Å². The fourth-order valence-corrected chi connectivity index (χ4v) is 1.71. The lowest BCUT2D eigenvalue weighted by Gasteiger charge is -2.09. The van der Waals surface area contributed by atoms with Crippen LogP contribution >= 0.6 is 0 Å². The highest BCUT2D eigenvalue weighted by Crippen LogP contribution is 2.27. The Bertz CT molecular complexity index is 672. The third-order valence-electron chi connectivity index (χ3n) is 2.75. The minimum absolute atomic E-state index is 0.0676. The Balaban J connectivity index is 1.89. The average Bonchev–Trinajstić information content (AvgIpc) is 2.96. The summed E-state index contributed by atoms with van der Waals surface area (Å²) < 4.78 is 44.0. The maximum absolute atomic E-state index is 12.5. The van der Waals surface area contributed by atoms with Gasteiger partial charge in [0.1, 0.15) is 17.8 Å². The summed E-state index contributed by atoms with van der Waals surface area (Å²) in [6.07, 6.45) is -0.727. The van der Waals surface area contributed by atoms with Crippen molar-refractivity contribution < 1.29 is 22.7 Å². The number of imidazole rings is 1. The number of hydrogen-bond acceptors (Lipinski definition) is 6. The molecule has 2 aromatic heterocycles. The molecule has 2 aromatic rings. The Morgan fingerprint density at radius 1 is 1.35 bits per heavy atom. The lowest BCUT2D eigenvalue weighted by atomic mass is 10.4. The van der Waals surface area contributed by atoms with Gasteiger partial charge >= 0.3 is 12.1 Å². The first-order valence-corrected chi connectivity index (χ1v) is 6.72. The number of anilines is 1. The van der Waals surface area contributed by atoms with Gasteiger partial charge in [-0.05, 0) is 6.92 Å². The van der Waals surface area contributed by atoms with Crippen LogP contribution in [0.3, 0.4) is 0 Å². The maximum Gasteiger partial charge on any atom is 0.433 e. The number of carbonyl (C=O) groups is 1. The van der Waals surface area contributed by atoms with E-state index in [-0.39, 0.29) is 18.1 Å². The van der Waals surface area contributed by atoms with Crippen LogP contribution in [-0.4, -0.2) is 38.6 Å². The van der Waals surface area contributed by atoms with Gasteiger partial charge in [0, 0.05) is 25.4 Å². The molecule has 0 bridgehead atoms. The monoisotopic (exact) mass is 329 g/mol. The molecule has 0 aliphatic heterocycles. The highest BCUT2D eigenvalue weighted by Gasteiger charge is 2.32. The number of hydrogen-bond donors (Lipinski definition) is 1. The van der Waals surface area contributed by atoms with Crippen LogP contribution in [-0.2, 0) is 17.5 Å². The van der Waals surface area contributed by atoms with Crippen LogP contribution in [0.5, 0.6) is 0 Å². The summed E-state index contributed by atoms with van der Waals surface area (Å²) in [5.74, 6) is -0.456. The number of nitrogens with one attached hydrogen (secondary N) is 1. The Labute approximate surface area is 129 Å². The van der Waals surface area contributed by atoms with E-state index in [9.17, 15) is 18.0 Å². The predicted octanol–water partition coefficient (Wildman–Crippen LogP) is 1.98. The van der Waals surface area contributed by atoms with Crippen molar-refractivity contribution in [2.45, 2.75) is 19.6 Å². The zero-order valence-corrected chi connectivity index (χ0v) is 12.2. The third kappa shape index (κ3) is 4.66. The van der Waals surface area contributed by atoms with Crippen LogP contribution in [0.2, 0.25) is 0 Å². The van der Waals surface area contributed by atoms with Crippen LogP contribution < -0.4 is 5.32 Å². The lowest BCUT2D eigenvalue weighted by Crippen LogP contribution is -2.13. The standard InChI is InChI=1S/C13H14F3N5O2/c1-2-23-12(22)9-6-21(8-20-9)4-3-17-11-5-10(13(14,15)16)18-7-19-11/h5-8H,2-4H2,1H3,(H,17,18,19). The van der Waals surface area contributed by atoms with Gasteiger partial charge in [0.2, 0.25) is 0 Å². The van der Waals surface area contributed by atoms with Gasteiger partial charge in [0.05, 0.1) is 12.9 Å². The van der Waals surface area contributed by atoms with Crippen LogP contribution in [0.25, 0.3) is 0 Å². The summed E-state index contributed by atoms with van der Waals surface area (Å²) in [6, 6.07) is 0.831. The van der Waals surface area contributed by atoms with E-state index in [2.05, 4.69) is 20.3 Å². The number of nitrogens with zero attached hydrogens (tertiary/aromatic N) is 4. The maximum atomic E-state index is 12.5. The third-order valence-corrected chi connectivity index (χ3v) is 2.75. The van der Waals surface area contributed by atoms with E-state index in [1.54, 1.807) is 11.5 Å². The molecule has 0 radical (unpaired) electrons. The van der Waals surface area contributed by atoms with Gasteiger partial charge in [-0.25, -0.2) is 19.7 Å². The minimum Gasteiger partial charge on any atom is -0.461 e. The number of carbonyl (C=O) groups excluding carboxylic acids is 1. The zero-order valence-electron chi connectivity index (χ0n) is 12.2. The molecule has 124 valence electrons. The van der Waals surface area contributed by atoms with Crippen LogP contribution in [0, 0.1) is 0 Å². The average molecular weight is 329 g/mol. The summed E-state index contributed by atoms with van der Waals surface area (Å²) in [4.78, 5) is 22.2. The first kappa shape index (κ1) is 16.7. The van der Waals surface area contributed by atoms with Crippen LogP contribution in [0.1, 0.15) is 23.1 Å². The van der Waals surface area contributed by atoms with Crippen molar-refractivity contribution >= 4 is 11.8 Å². The van der Waals surface area contributed by atoms with Gasteiger partial charge in [0.15, 0.2) is 5.69 Å². The summed E-state index contributed by atoms with van der Waals surface area (Å²) in [5.41, 5.74) is -0.838. The molecular formula is C13H14F3N5O2. The molecule has 0 amide bonds. The highest BCUT2D eigenvalue weighted by molar-refractivity contribution is 5.86. The molecule has 0 aromatic carbocycles. The van der Waals surface area contributed by atoms with Crippen molar-refractivity contribution in [2.75, 3.05) is 18.5 Å². The Kier molecular flexibility index (Phi) is 5.14.